The van der Waals surface area contributed by atoms with E-state index in [0.717, 1.165) is 19.3 Å². The molecule has 0 spiro atoms. The third-order valence-electron chi connectivity index (χ3n) is 5.80. The second-order valence-electron chi connectivity index (χ2n) is 8.77. The predicted octanol–water partition coefficient (Wildman–Crippen LogP) is 5.35. The van der Waals surface area contributed by atoms with Gasteiger partial charge in [0, 0.05) is 37.6 Å². The lowest BCUT2D eigenvalue weighted by Gasteiger charge is -2.13. The standard InChI is InChI=1S/C25H43N3O4/c1-2-3-4-5-6-7-8-9-10-11-12-13-14-15-22(29)16-17-24(30)28-23(25(31)32)18-21-19-26-20-27-21/h19-20,23H,2-18H2,1H3,(H,26,27)(H,28,30)(H,31,32)/t23-/m0/s1. The second-order valence-corrected chi connectivity index (χ2v) is 8.77. The van der Waals surface area contributed by atoms with Gasteiger partial charge < -0.3 is 15.4 Å². The van der Waals surface area contributed by atoms with Gasteiger partial charge in [-0.1, -0.05) is 84.0 Å². The van der Waals surface area contributed by atoms with E-state index >= 15 is 0 Å². The first kappa shape index (κ1) is 27.9. The summed E-state index contributed by atoms with van der Waals surface area (Å²) in [5.74, 6) is -1.44. The third kappa shape index (κ3) is 14.8. The Balaban J connectivity index is 1.98. The van der Waals surface area contributed by atoms with Crippen molar-refractivity contribution in [1.82, 2.24) is 15.3 Å². The van der Waals surface area contributed by atoms with Gasteiger partial charge in [-0.2, -0.15) is 0 Å². The zero-order valence-electron chi connectivity index (χ0n) is 19.9. The van der Waals surface area contributed by atoms with Gasteiger partial charge in [-0.15, -0.1) is 0 Å². The minimum atomic E-state index is -1.11. The fraction of sp³-hybridized carbons (Fsp3) is 0.760. The molecule has 0 radical (unpaired) electrons. The van der Waals surface area contributed by atoms with E-state index in [-0.39, 0.29) is 25.0 Å². The number of H-pyrrole nitrogens is 1. The zero-order chi connectivity index (χ0) is 23.4. The van der Waals surface area contributed by atoms with Gasteiger partial charge in [0.2, 0.25) is 5.91 Å². The number of aliphatic carboxylic acids is 1. The Morgan fingerprint density at radius 2 is 1.44 bits per heavy atom. The van der Waals surface area contributed by atoms with Gasteiger partial charge in [-0.05, 0) is 6.42 Å². The molecule has 1 rings (SSSR count). The number of hydrogen-bond donors (Lipinski definition) is 3. The fourth-order valence-corrected chi connectivity index (χ4v) is 3.80. The summed E-state index contributed by atoms with van der Waals surface area (Å²) in [6.07, 6.45) is 20.3. The van der Waals surface area contributed by atoms with Crippen LogP contribution in [0.3, 0.4) is 0 Å². The number of imidazole rings is 1. The number of carbonyl (C=O) groups is 3. The molecule has 0 bridgehead atoms. The number of unbranched alkanes of at least 4 members (excludes halogenated alkanes) is 12. The highest BCUT2D eigenvalue weighted by Gasteiger charge is 2.21. The van der Waals surface area contributed by atoms with E-state index in [9.17, 15) is 19.5 Å². The number of nitrogens with zero attached hydrogens (tertiary/aromatic N) is 1. The lowest BCUT2D eigenvalue weighted by atomic mass is 10.0. The van der Waals surface area contributed by atoms with Gasteiger partial charge in [0.25, 0.3) is 0 Å². The van der Waals surface area contributed by atoms with Crippen LogP contribution < -0.4 is 5.32 Å². The van der Waals surface area contributed by atoms with Crippen molar-refractivity contribution in [1.29, 1.82) is 0 Å². The van der Waals surface area contributed by atoms with Gasteiger partial charge in [0.05, 0.1) is 6.33 Å². The molecule has 3 N–H and O–H groups in total. The number of ketones is 1. The lowest BCUT2D eigenvalue weighted by Crippen LogP contribution is -2.42. The molecule has 0 saturated heterocycles. The van der Waals surface area contributed by atoms with Crippen molar-refractivity contribution in [3.05, 3.63) is 18.2 Å². The van der Waals surface area contributed by atoms with Crippen LogP contribution in [0.5, 0.6) is 0 Å². The molecule has 0 aromatic carbocycles. The van der Waals surface area contributed by atoms with Gasteiger partial charge in [-0.3, -0.25) is 9.59 Å². The molecule has 0 aliphatic rings. The van der Waals surface area contributed by atoms with Gasteiger partial charge >= 0.3 is 5.97 Å². The van der Waals surface area contributed by atoms with Crippen molar-refractivity contribution in [2.45, 2.75) is 122 Å². The Bertz CT molecular complexity index is 631. The van der Waals surface area contributed by atoms with Crippen LogP contribution in [-0.2, 0) is 20.8 Å². The van der Waals surface area contributed by atoms with Crippen LogP contribution >= 0.6 is 0 Å². The quantitative estimate of drug-likeness (QED) is 0.219. The maximum absolute atomic E-state index is 12.0. The Kier molecular flexibility index (Phi) is 16.0. The molecule has 1 atom stereocenters. The first-order valence-corrected chi connectivity index (χ1v) is 12.5. The number of carboxylic acids is 1. The Morgan fingerprint density at radius 1 is 0.875 bits per heavy atom. The van der Waals surface area contributed by atoms with E-state index < -0.39 is 17.9 Å². The van der Waals surface area contributed by atoms with Crippen LogP contribution in [-0.4, -0.2) is 38.8 Å². The number of carboxylic acid groups (broad SMARTS) is 1. The van der Waals surface area contributed by atoms with Crippen LogP contribution in [0, 0.1) is 0 Å². The van der Waals surface area contributed by atoms with Gasteiger partial charge in [0.1, 0.15) is 11.8 Å². The number of aromatic nitrogens is 2. The molecule has 1 heterocycles. The molecule has 0 aliphatic carbocycles. The first-order valence-electron chi connectivity index (χ1n) is 12.5. The number of hydrogen-bond acceptors (Lipinski definition) is 4. The predicted molar refractivity (Wildman–Crippen MR) is 126 cm³/mol. The molecule has 1 aromatic rings. The molecule has 7 heteroatoms. The van der Waals surface area contributed by atoms with Crippen molar-refractivity contribution in [3.63, 3.8) is 0 Å². The van der Waals surface area contributed by atoms with Gasteiger partial charge in [-0.25, -0.2) is 9.78 Å². The highest BCUT2D eigenvalue weighted by Crippen LogP contribution is 2.13. The van der Waals surface area contributed by atoms with Crippen molar-refractivity contribution >= 4 is 17.7 Å². The van der Waals surface area contributed by atoms with E-state index in [1.165, 1.54) is 76.7 Å². The normalized spacial score (nSPS) is 11.9. The summed E-state index contributed by atoms with van der Waals surface area (Å²) in [4.78, 5) is 42.0. The summed E-state index contributed by atoms with van der Waals surface area (Å²) in [6, 6.07) is -1.03. The summed E-state index contributed by atoms with van der Waals surface area (Å²) in [6.45, 7) is 2.25. The Hall–Kier alpha value is -2.18. The van der Waals surface area contributed by atoms with Crippen molar-refractivity contribution in [3.8, 4) is 0 Å². The molecule has 7 nitrogen and oxygen atoms in total. The van der Waals surface area contributed by atoms with E-state index in [2.05, 4.69) is 22.2 Å². The number of amides is 1. The van der Waals surface area contributed by atoms with Crippen LogP contribution in [0.15, 0.2) is 12.5 Å². The maximum Gasteiger partial charge on any atom is 0.326 e. The topological polar surface area (TPSA) is 112 Å². The largest absolute Gasteiger partial charge is 0.480 e. The van der Waals surface area contributed by atoms with E-state index in [1.54, 1.807) is 0 Å². The fourth-order valence-electron chi connectivity index (χ4n) is 3.80. The third-order valence-corrected chi connectivity index (χ3v) is 5.80. The van der Waals surface area contributed by atoms with E-state index in [4.69, 9.17) is 0 Å². The number of Topliss-reactive ketones (excluding diaryl/α,β-unsaturated/α-hetero) is 1. The minimum Gasteiger partial charge on any atom is -0.480 e. The number of rotatable bonds is 21. The molecule has 32 heavy (non-hydrogen) atoms. The monoisotopic (exact) mass is 449 g/mol. The van der Waals surface area contributed by atoms with Crippen LogP contribution in [0.25, 0.3) is 0 Å². The SMILES string of the molecule is CCCCCCCCCCCCCCCC(=O)CCC(=O)N[C@@H](Cc1cnc[nH]1)C(=O)O. The Morgan fingerprint density at radius 3 is 1.94 bits per heavy atom. The average molecular weight is 450 g/mol. The summed E-state index contributed by atoms with van der Waals surface area (Å²) in [5, 5.41) is 11.8. The van der Waals surface area contributed by atoms with Crippen LogP contribution in [0.1, 0.15) is 115 Å². The first-order chi connectivity index (χ1) is 15.5. The van der Waals surface area contributed by atoms with Crippen molar-refractivity contribution in [2.24, 2.45) is 0 Å². The summed E-state index contributed by atoms with van der Waals surface area (Å²) < 4.78 is 0. The summed E-state index contributed by atoms with van der Waals surface area (Å²) in [7, 11) is 0. The summed E-state index contributed by atoms with van der Waals surface area (Å²) >= 11 is 0. The molecule has 0 unspecified atom stereocenters. The molecule has 0 saturated carbocycles. The van der Waals surface area contributed by atoms with Crippen molar-refractivity contribution < 1.29 is 19.5 Å². The molecule has 1 amide bonds. The number of carbonyl (C=O) groups excluding carboxylic acids is 2. The maximum atomic E-state index is 12.0. The average Bonchev–Trinajstić information content (AvgIpc) is 3.28. The molecular weight excluding hydrogens is 406 g/mol. The van der Waals surface area contributed by atoms with E-state index in [1.807, 2.05) is 0 Å². The molecule has 0 aliphatic heterocycles. The molecule has 0 fully saturated rings. The zero-order valence-corrected chi connectivity index (χ0v) is 19.9. The second kappa shape index (κ2) is 18.4. The van der Waals surface area contributed by atoms with Crippen LogP contribution in [0.4, 0.5) is 0 Å². The number of nitrogens with one attached hydrogen (secondary N) is 2. The number of aromatic amines is 1. The molecule has 1 aromatic heterocycles. The Labute approximate surface area is 193 Å². The van der Waals surface area contributed by atoms with E-state index in [0.29, 0.717) is 12.1 Å². The highest BCUT2D eigenvalue weighted by molar-refractivity contribution is 5.87. The summed E-state index contributed by atoms with van der Waals surface area (Å²) in [5.41, 5.74) is 0.635. The van der Waals surface area contributed by atoms with Crippen LogP contribution in [0.2, 0.25) is 0 Å². The highest BCUT2D eigenvalue weighted by atomic mass is 16.4. The van der Waals surface area contributed by atoms with Crippen molar-refractivity contribution in [2.75, 3.05) is 0 Å². The van der Waals surface area contributed by atoms with Gasteiger partial charge in [0.15, 0.2) is 0 Å². The smallest absolute Gasteiger partial charge is 0.326 e. The minimum absolute atomic E-state index is 0.0318. The molecule has 182 valence electrons. The lowest BCUT2D eigenvalue weighted by molar-refractivity contribution is -0.141. The molecular formula is C25H43N3O4.